The average molecular weight is 542 g/mol. The Balaban J connectivity index is 1.80. The van der Waals surface area contributed by atoms with Crippen LogP contribution in [0, 0.1) is 0 Å². The third kappa shape index (κ3) is 4.65. The van der Waals surface area contributed by atoms with Crippen LogP contribution in [0.15, 0.2) is 81.7 Å². The second-order valence-corrected chi connectivity index (χ2v) is 10.2. The van der Waals surface area contributed by atoms with Gasteiger partial charge >= 0.3 is 0 Å². The quantitative estimate of drug-likeness (QED) is 0.350. The topological polar surface area (TPSA) is 73.1 Å². The van der Waals surface area contributed by atoms with Crippen molar-refractivity contribution in [3.63, 3.8) is 0 Å². The molecule has 39 heavy (non-hydrogen) atoms. The summed E-state index contributed by atoms with van der Waals surface area (Å²) in [6, 6.07) is 18.8. The summed E-state index contributed by atoms with van der Waals surface area (Å²) in [4.78, 5) is 35.1. The maximum absolute atomic E-state index is 14.1. The molecule has 0 bridgehead atoms. The zero-order chi connectivity index (χ0) is 27.7. The third-order valence-electron chi connectivity index (χ3n) is 7.14. The van der Waals surface area contributed by atoms with E-state index in [1.165, 1.54) is 11.3 Å². The number of benzene rings is 3. The molecule has 8 heteroatoms. The highest BCUT2D eigenvalue weighted by Gasteiger charge is 2.36. The number of carbonyl (C=O) groups is 1. The van der Waals surface area contributed by atoms with Gasteiger partial charge in [-0.25, -0.2) is 4.99 Å². The summed E-state index contributed by atoms with van der Waals surface area (Å²) in [5.74, 6) is 1.01. The molecule has 0 N–H and O–H groups in total. The Bertz CT molecular complexity index is 1770. The molecule has 2 heterocycles. The molecule has 0 fully saturated rings. The van der Waals surface area contributed by atoms with Crippen molar-refractivity contribution in [3.8, 4) is 11.5 Å². The predicted octanol–water partition coefficient (Wildman–Crippen LogP) is 4.27. The van der Waals surface area contributed by atoms with Gasteiger partial charge in [0.2, 0.25) is 0 Å². The summed E-state index contributed by atoms with van der Waals surface area (Å²) < 4.78 is 13.4. The monoisotopic (exact) mass is 541 g/mol. The van der Waals surface area contributed by atoms with E-state index < -0.39 is 6.04 Å². The second kappa shape index (κ2) is 10.9. The summed E-state index contributed by atoms with van der Waals surface area (Å²) in [7, 11) is 3.17. The molecule has 3 aromatic carbocycles. The molecular weight excluding hydrogens is 510 g/mol. The van der Waals surface area contributed by atoms with Crippen molar-refractivity contribution in [2.75, 3.05) is 27.3 Å². The number of likely N-dealkylation sites (N-methyl/N-ethyl adjacent to an activating group) is 1. The Morgan fingerprint density at radius 2 is 1.79 bits per heavy atom. The van der Waals surface area contributed by atoms with Gasteiger partial charge in [0.25, 0.3) is 11.5 Å². The van der Waals surface area contributed by atoms with Gasteiger partial charge in [-0.05, 0) is 61.4 Å². The molecule has 1 aromatic heterocycles. The number of fused-ring (bicyclic) bond motifs is 2. The summed E-state index contributed by atoms with van der Waals surface area (Å²) in [6.07, 6.45) is 1.91. The average Bonchev–Trinajstić information content (AvgIpc) is 3.26. The van der Waals surface area contributed by atoms with Gasteiger partial charge in [0.15, 0.2) is 4.80 Å². The fourth-order valence-corrected chi connectivity index (χ4v) is 6.18. The molecule has 0 saturated heterocycles. The number of aromatic nitrogens is 1. The second-order valence-electron chi connectivity index (χ2n) is 9.24. The van der Waals surface area contributed by atoms with E-state index in [2.05, 4.69) is 12.1 Å². The van der Waals surface area contributed by atoms with Gasteiger partial charge < -0.3 is 14.4 Å². The molecule has 0 unspecified atom stereocenters. The standard InChI is InChI=1S/C31H31N3O4S/c1-6-33(7-2)30(36)27-19(3)32-31-34(28(27)24-18-22(37-4)15-16-25(24)38-5)29(35)26(39-31)17-21-13-10-12-20-11-8-9-14-23(20)21/h8-18,28H,6-7H2,1-5H3/b26-17-/t28-/m1/s1. The predicted molar refractivity (Wildman–Crippen MR) is 155 cm³/mol. The number of nitrogens with zero attached hydrogens (tertiary/aromatic N) is 3. The molecule has 0 spiro atoms. The first-order chi connectivity index (χ1) is 18.9. The molecule has 7 nitrogen and oxygen atoms in total. The summed E-state index contributed by atoms with van der Waals surface area (Å²) in [6.45, 7) is 6.80. The lowest BCUT2D eigenvalue weighted by molar-refractivity contribution is -0.127. The van der Waals surface area contributed by atoms with E-state index in [4.69, 9.17) is 14.5 Å². The lowest BCUT2D eigenvalue weighted by Gasteiger charge is -2.30. The fourth-order valence-electron chi connectivity index (χ4n) is 5.14. The van der Waals surface area contributed by atoms with Crippen molar-refractivity contribution in [2.24, 2.45) is 4.99 Å². The van der Waals surface area contributed by atoms with E-state index in [-0.39, 0.29) is 11.5 Å². The van der Waals surface area contributed by atoms with Crippen LogP contribution < -0.4 is 24.4 Å². The van der Waals surface area contributed by atoms with Gasteiger partial charge in [-0.2, -0.15) is 0 Å². The van der Waals surface area contributed by atoms with Crippen LogP contribution in [-0.2, 0) is 4.79 Å². The van der Waals surface area contributed by atoms with Crippen LogP contribution in [0.2, 0.25) is 0 Å². The van der Waals surface area contributed by atoms with Crippen molar-refractivity contribution in [2.45, 2.75) is 26.8 Å². The van der Waals surface area contributed by atoms with Crippen molar-refractivity contribution in [3.05, 3.63) is 103 Å². The van der Waals surface area contributed by atoms with E-state index in [1.807, 2.05) is 63.2 Å². The zero-order valence-corrected chi connectivity index (χ0v) is 23.5. The number of thiazole rings is 1. The Labute approximate surface area is 230 Å². The van der Waals surface area contributed by atoms with Crippen molar-refractivity contribution < 1.29 is 14.3 Å². The molecular formula is C31H31N3O4S. The van der Waals surface area contributed by atoms with Gasteiger partial charge in [0, 0.05) is 18.7 Å². The minimum absolute atomic E-state index is 0.153. The molecule has 0 radical (unpaired) electrons. The summed E-state index contributed by atoms with van der Waals surface area (Å²) in [5, 5.41) is 2.16. The first-order valence-electron chi connectivity index (χ1n) is 12.9. The van der Waals surface area contributed by atoms with Crippen LogP contribution in [0.25, 0.3) is 16.8 Å². The van der Waals surface area contributed by atoms with Gasteiger partial charge in [-0.1, -0.05) is 53.8 Å². The van der Waals surface area contributed by atoms with E-state index in [1.54, 1.807) is 35.8 Å². The molecule has 5 rings (SSSR count). The lowest BCUT2D eigenvalue weighted by Crippen LogP contribution is -2.43. The number of allylic oxidation sites excluding steroid dienone is 1. The number of rotatable bonds is 7. The van der Waals surface area contributed by atoms with Crippen molar-refractivity contribution >= 4 is 34.1 Å². The molecule has 1 aliphatic rings. The molecule has 1 amide bonds. The molecule has 1 aliphatic heterocycles. The highest BCUT2D eigenvalue weighted by atomic mass is 32.1. The highest BCUT2D eigenvalue weighted by Crippen LogP contribution is 2.38. The normalized spacial score (nSPS) is 15.2. The van der Waals surface area contributed by atoms with Crippen LogP contribution in [0.1, 0.15) is 37.9 Å². The van der Waals surface area contributed by atoms with Gasteiger partial charge in [0.05, 0.1) is 30.0 Å². The zero-order valence-electron chi connectivity index (χ0n) is 22.7. The van der Waals surface area contributed by atoms with Gasteiger partial charge in [-0.3, -0.25) is 14.2 Å². The number of hydrogen-bond donors (Lipinski definition) is 0. The Kier molecular flexibility index (Phi) is 7.39. The molecule has 0 aliphatic carbocycles. The SMILES string of the molecule is CCN(CC)C(=O)C1=C(C)N=c2s/c(=C\c3cccc4ccccc34)c(=O)n2[C@@H]1c1cc(OC)ccc1OC. The highest BCUT2D eigenvalue weighted by molar-refractivity contribution is 7.07. The Morgan fingerprint density at radius 1 is 1.05 bits per heavy atom. The largest absolute Gasteiger partial charge is 0.497 e. The van der Waals surface area contributed by atoms with Gasteiger partial charge in [0.1, 0.15) is 17.5 Å². The Morgan fingerprint density at radius 3 is 2.51 bits per heavy atom. The lowest BCUT2D eigenvalue weighted by atomic mass is 9.93. The Hall–Kier alpha value is -4.17. The van der Waals surface area contributed by atoms with Crippen LogP contribution in [0.5, 0.6) is 11.5 Å². The number of carbonyl (C=O) groups excluding carboxylic acids is 1. The number of ether oxygens (including phenoxy) is 2. The first kappa shape index (κ1) is 26.4. The minimum atomic E-state index is -0.728. The van der Waals surface area contributed by atoms with Gasteiger partial charge in [-0.15, -0.1) is 0 Å². The van der Waals surface area contributed by atoms with Crippen LogP contribution in [-0.4, -0.2) is 42.7 Å². The maximum Gasteiger partial charge on any atom is 0.271 e. The molecule has 4 aromatic rings. The van der Waals surface area contributed by atoms with E-state index in [9.17, 15) is 9.59 Å². The third-order valence-corrected chi connectivity index (χ3v) is 8.13. The van der Waals surface area contributed by atoms with E-state index in [0.29, 0.717) is 50.8 Å². The molecule has 0 saturated carbocycles. The van der Waals surface area contributed by atoms with Crippen molar-refractivity contribution in [1.82, 2.24) is 9.47 Å². The fraction of sp³-hybridized carbons (Fsp3) is 0.258. The van der Waals surface area contributed by atoms with Crippen molar-refractivity contribution in [1.29, 1.82) is 0 Å². The van der Waals surface area contributed by atoms with E-state index in [0.717, 1.165) is 16.3 Å². The molecule has 1 atom stereocenters. The molecule has 200 valence electrons. The summed E-state index contributed by atoms with van der Waals surface area (Å²) in [5.41, 5.74) is 2.44. The minimum Gasteiger partial charge on any atom is -0.497 e. The van der Waals surface area contributed by atoms with Crippen LogP contribution in [0.3, 0.4) is 0 Å². The summed E-state index contributed by atoms with van der Waals surface area (Å²) >= 11 is 1.32. The van der Waals surface area contributed by atoms with Crippen LogP contribution in [0.4, 0.5) is 0 Å². The smallest absolute Gasteiger partial charge is 0.271 e. The van der Waals surface area contributed by atoms with E-state index >= 15 is 0 Å². The first-order valence-corrected chi connectivity index (χ1v) is 13.7. The van der Waals surface area contributed by atoms with Crippen LogP contribution >= 0.6 is 11.3 Å². The number of hydrogen-bond acceptors (Lipinski definition) is 6. The maximum atomic E-state index is 14.1. The number of amides is 1. The number of methoxy groups -OCH3 is 2.